The molecule has 0 unspecified atom stereocenters. The minimum Gasteiger partial charge on any atom is -0.290 e. The second-order valence-corrected chi connectivity index (χ2v) is 3.56. The zero-order valence-corrected chi connectivity index (χ0v) is 8.54. The summed E-state index contributed by atoms with van der Waals surface area (Å²) in [5.41, 5.74) is 2.14. The highest BCUT2D eigenvalue weighted by Gasteiger charge is 2.08. The van der Waals surface area contributed by atoms with Crippen LogP contribution in [0.5, 0.6) is 0 Å². The molecule has 0 saturated heterocycles. The van der Waals surface area contributed by atoms with Crippen molar-refractivity contribution in [3.63, 3.8) is 0 Å². The fourth-order valence-electron chi connectivity index (χ4n) is 1.28. The molecule has 0 radical (unpaired) electrons. The van der Waals surface area contributed by atoms with Crippen molar-refractivity contribution < 1.29 is 0 Å². The summed E-state index contributed by atoms with van der Waals surface area (Å²) in [6, 6.07) is 5.90. The predicted octanol–water partition coefficient (Wildman–Crippen LogP) is 2.28. The highest BCUT2D eigenvalue weighted by molar-refractivity contribution is 9.10. The van der Waals surface area contributed by atoms with Crippen molar-refractivity contribution in [2.24, 2.45) is 0 Å². The number of halogens is 1. The molecule has 0 N–H and O–H groups in total. The number of pyridine rings is 1. The molecule has 0 aliphatic carbocycles. The molecule has 0 spiro atoms. The van der Waals surface area contributed by atoms with Gasteiger partial charge in [-0.15, -0.1) is 0 Å². The van der Waals surface area contributed by atoms with Crippen LogP contribution in [0.4, 0.5) is 0 Å². The first-order valence-corrected chi connectivity index (χ1v) is 4.56. The molecule has 0 aromatic carbocycles. The van der Waals surface area contributed by atoms with Crippen molar-refractivity contribution in [2.75, 3.05) is 0 Å². The van der Waals surface area contributed by atoms with E-state index < -0.39 is 0 Å². The maximum atomic E-state index is 8.87. The summed E-state index contributed by atoms with van der Waals surface area (Å²) in [5.74, 6) is 0. The van der Waals surface area contributed by atoms with E-state index in [2.05, 4.69) is 27.0 Å². The summed E-state index contributed by atoms with van der Waals surface area (Å²) in [7, 11) is 0. The second kappa shape index (κ2) is 2.86. The summed E-state index contributed by atoms with van der Waals surface area (Å²) in [6.45, 7) is 1.83. The lowest BCUT2D eigenvalue weighted by Crippen LogP contribution is -1.87. The minimum absolute atomic E-state index is 0.594. The molecule has 2 aromatic rings. The Morgan fingerprint density at radius 3 is 3.08 bits per heavy atom. The molecule has 0 amide bonds. The molecule has 4 heteroatoms. The first-order valence-electron chi connectivity index (χ1n) is 3.77. The molecule has 0 fully saturated rings. The summed E-state index contributed by atoms with van der Waals surface area (Å²) in [6.07, 6.45) is 1.83. The lowest BCUT2D eigenvalue weighted by Gasteiger charge is -1.94. The van der Waals surface area contributed by atoms with Gasteiger partial charge in [-0.05, 0) is 35.0 Å². The zero-order valence-electron chi connectivity index (χ0n) is 6.95. The van der Waals surface area contributed by atoms with E-state index in [0.717, 1.165) is 15.8 Å². The molecule has 2 heterocycles. The van der Waals surface area contributed by atoms with Gasteiger partial charge in [0.1, 0.15) is 11.8 Å². The first kappa shape index (κ1) is 8.27. The summed E-state index contributed by atoms with van der Waals surface area (Å²) in [4.78, 5) is 4.28. The number of aryl methyl sites for hydroxylation is 1. The predicted molar refractivity (Wildman–Crippen MR) is 52.3 cm³/mol. The Kier molecular flexibility index (Phi) is 1.82. The number of aromatic nitrogens is 2. The van der Waals surface area contributed by atoms with Gasteiger partial charge in [-0.1, -0.05) is 0 Å². The Morgan fingerprint density at radius 1 is 1.62 bits per heavy atom. The number of rotatable bonds is 0. The van der Waals surface area contributed by atoms with E-state index in [1.807, 2.05) is 25.3 Å². The number of fused-ring (bicyclic) bond motifs is 1. The quantitative estimate of drug-likeness (QED) is 0.704. The van der Waals surface area contributed by atoms with Gasteiger partial charge >= 0.3 is 0 Å². The lowest BCUT2D eigenvalue weighted by molar-refractivity contribution is 1.14. The van der Waals surface area contributed by atoms with Crippen LogP contribution in [0.25, 0.3) is 5.65 Å². The maximum Gasteiger partial charge on any atom is 0.152 e. The van der Waals surface area contributed by atoms with Crippen molar-refractivity contribution in [1.82, 2.24) is 9.38 Å². The van der Waals surface area contributed by atoms with Gasteiger partial charge < -0.3 is 0 Å². The van der Waals surface area contributed by atoms with E-state index in [1.165, 1.54) is 0 Å². The standard InChI is InChI=1S/C9H6BrN3/c1-6-8(5-11)13-4-2-3-7(10)9(13)12-6/h2-4H,1H3. The van der Waals surface area contributed by atoms with Crippen molar-refractivity contribution >= 4 is 21.6 Å². The van der Waals surface area contributed by atoms with Gasteiger partial charge in [0.25, 0.3) is 0 Å². The van der Waals surface area contributed by atoms with E-state index in [9.17, 15) is 0 Å². The van der Waals surface area contributed by atoms with E-state index in [-0.39, 0.29) is 0 Å². The van der Waals surface area contributed by atoms with Gasteiger partial charge in [-0.3, -0.25) is 4.40 Å². The van der Waals surface area contributed by atoms with E-state index >= 15 is 0 Å². The van der Waals surface area contributed by atoms with Crippen LogP contribution < -0.4 is 0 Å². The lowest BCUT2D eigenvalue weighted by atomic mass is 10.4. The molecule has 2 rings (SSSR count). The molecular formula is C9H6BrN3. The third-order valence-electron chi connectivity index (χ3n) is 1.88. The molecule has 0 aliphatic heterocycles. The fraction of sp³-hybridized carbons (Fsp3) is 0.111. The van der Waals surface area contributed by atoms with Crippen LogP contribution >= 0.6 is 15.9 Å². The Bertz CT molecular complexity index is 507. The average Bonchev–Trinajstić information content (AvgIpc) is 2.43. The molecule has 13 heavy (non-hydrogen) atoms. The minimum atomic E-state index is 0.594. The van der Waals surface area contributed by atoms with Crippen LogP contribution in [0.2, 0.25) is 0 Å². The molecule has 0 aliphatic rings. The Balaban J connectivity index is 2.96. The molecule has 0 saturated carbocycles. The van der Waals surface area contributed by atoms with E-state index in [1.54, 1.807) is 4.40 Å². The van der Waals surface area contributed by atoms with Crippen LogP contribution in [0.15, 0.2) is 22.8 Å². The Labute approximate surface area is 83.8 Å². The van der Waals surface area contributed by atoms with Gasteiger partial charge in [0.05, 0.1) is 10.2 Å². The molecule has 64 valence electrons. The van der Waals surface area contributed by atoms with Gasteiger partial charge in [0.2, 0.25) is 0 Å². The molecular weight excluding hydrogens is 230 g/mol. The van der Waals surface area contributed by atoms with Crippen molar-refractivity contribution in [3.8, 4) is 6.07 Å². The Hall–Kier alpha value is -1.34. The fourth-order valence-corrected chi connectivity index (χ4v) is 1.71. The highest BCUT2D eigenvalue weighted by atomic mass is 79.9. The molecule has 0 bridgehead atoms. The van der Waals surface area contributed by atoms with Crippen LogP contribution in [0.3, 0.4) is 0 Å². The van der Waals surface area contributed by atoms with Gasteiger partial charge in [0, 0.05) is 6.20 Å². The molecule has 2 aromatic heterocycles. The average molecular weight is 236 g/mol. The highest BCUT2D eigenvalue weighted by Crippen LogP contribution is 2.19. The monoisotopic (exact) mass is 235 g/mol. The number of nitriles is 1. The maximum absolute atomic E-state index is 8.87. The van der Waals surface area contributed by atoms with Crippen LogP contribution in [0.1, 0.15) is 11.4 Å². The number of nitrogens with zero attached hydrogens (tertiary/aromatic N) is 3. The van der Waals surface area contributed by atoms with Crippen LogP contribution in [-0.2, 0) is 0 Å². The molecule has 3 nitrogen and oxygen atoms in total. The van der Waals surface area contributed by atoms with E-state index in [4.69, 9.17) is 5.26 Å². The second-order valence-electron chi connectivity index (χ2n) is 2.71. The summed E-state index contributed by atoms with van der Waals surface area (Å²) in [5, 5.41) is 8.87. The number of imidazole rings is 1. The Morgan fingerprint density at radius 2 is 2.38 bits per heavy atom. The third kappa shape index (κ3) is 1.12. The van der Waals surface area contributed by atoms with Crippen molar-refractivity contribution in [1.29, 1.82) is 5.26 Å². The van der Waals surface area contributed by atoms with Gasteiger partial charge in [0.15, 0.2) is 5.65 Å². The largest absolute Gasteiger partial charge is 0.290 e. The smallest absolute Gasteiger partial charge is 0.152 e. The van der Waals surface area contributed by atoms with Crippen LogP contribution in [0, 0.1) is 18.3 Å². The zero-order chi connectivity index (χ0) is 9.42. The summed E-state index contributed by atoms with van der Waals surface area (Å²) >= 11 is 3.38. The van der Waals surface area contributed by atoms with E-state index in [0.29, 0.717) is 5.69 Å². The van der Waals surface area contributed by atoms with Gasteiger partial charge in [-0.25, -0.2) is 4.98 Å². The van der Waals surface area contributed by atoms with Crippen molar-refractivity contribution in [3.05, 3.63) is 34.2 Å². The number of hydrogen-bond donors (Lipinski definition) is 0. The molecule has 0 atom stereocenters. The van der Waals surface area contributed by atoms with Crippen LogP contribution in [-0.4, -0.2) is 9.38 Å². The third-order valence-corrected chi connectivity index (χ3v) is 2.50. The SMILES string of the molecule is Cc1nc2c(Br)cccn2c1C#N. The topological polar surface area (TPSA) is 41.1 Å². The number of hydrogen-bond acceptors (Lipinski definition) is 2. The first-order chi connectivity index (χ1) is 6.24. The van der Waals surface area contributed by atoms with Gasteiger partial charge in [-0.2, -0.15) is 5.26 Å². The van der Waals surface area contributed by atoms with Crippen molar-refractivity contribution in [2.45, 2.75) is 6.92 Å². The summed E-state index contributed by atoms with van der Waals surface area (Å²) < 4.78 is 2.68. The normalized spacial score (nSPS) is 10.2.